The Labute approximate surface area is 208 Å². The minimum Gasteiger partial charge on any atom is -0.467 e. The molecular weight excluding hydrogens is 460 g/mol. The minimum absolute atomic E-state index is 0.0898. The van der Waals surface area contributed by atoms with Crippen LogP contribution >= 0.6 is 11.8 Å². The maximum absolute atomic E-state index is 12.7. The Morgan fingerprint density at radius 1 is 1.00 bits per heavy atom. The zero-order valence-electron chi connectivity index (χ0n) is 19.5. The summed E-state index contributed by atoms with van der Waals surface area (Å²) in [7, 11) is 0. The van der Waals surface area contributed by atoms with Crippen molar-refractivity contribution in [2.45, 2.75) is 37.4 Å². The predicted molar refractivity (Wildman–Crippen MR) is 138 cm³/mol. The molecule has 35 heavy (non-hydrogen) atoms. The fourth-order valence-electron chi connectivity index (χ4n) is 4.22. The number of nitrogens with one attached hydrogen (secondary N) is 1. The van der Waals surface area contributed by atoms with Crippen LogP contribution in [-0.2, 0) is 11.3 Å². The smallest absolute Gasteiger partial charge is 0.234 e. The quantitative estimate of drug-likeness (QED) is 0.346. The van der Waals surface area contributed by atoms with E-state index in [0.717, 1.165) is 30.1 Å². The van der Waals surface area contributed by atoms with Crippen LogP contribution in [0.1, 0.15) is 31.4 Å². The molecule has 180 valence electrons. The molecule has 1 N–H and O–H groups in total. The summed E-state index contributed by atoms with van der Waals surface area (Å²) in [5.74, 6) is 1.59. The van der Waals surface area contributed by atoms with Gasteiger partial charge in [0.25, 0.3) is 0 Å². The van der Waals surface area contributed by atoms with E-state index in [0.29, 0.717) is 17.5 Å². The molecule has 1 aliphatic rings. The highest BCUT2D eigenvalue weighted by atomic mass is 32.2. The Hall–Kier alpha value is -3.59. The molecule has 1 amide bonds. The molecule has 1 saturated heterocycles. The standard InChI is InChI=1S/C26H28N6O2S/c33-24(28-21-9-11-22(12-10-21)31-14-3-1-2-4-15-31)19-35-26-30-29-25(20-7-5-13-27-17-20)32(26)18-23-8-6-16-34-23/h5-13,16-17H,1-4,14-15,18-19H2,(H,28,33). The first-order valence-electron chi connectivity index (χ1n) is 11.9. The van der Waals surface area contributed by atoms with Gasteiger partial charge in [-0.15, -0.1) is 10.2 Å². The normalized spacial score (nSPS) is 14.0. The molecule has 0 bridgehead atoms. The molecule has 0 spiro atoms. The van der Waals surface area contributed by atoms with Crippen molar-refractivity contribution in [3.8, 4) is 11.4 Å². The number of carbonyl (C=O) groups is 1. The van der Waals surface area contributed by atoms with Gasteiger partial charge in [-0.1, -0.05) is 24.6 Å². The highest BCUT2D eigenvalue weighted by Crippen LogP contribution is 2.26. The van der Waals surface area contributed by atoms with Crippen LogP contribution in [-0.4, -0.2) is 44.5 Å². The first-order chi connectivity index (χ1) is 17.3. The van der Waals surface area contributed by atoms with Gasteiger partial charge in [0.2, 0.25) is 5.91 Å². The third-order valence-corrected chi connectivity index (χ3v) is 6.95. The third-order valence-electron chi connectivity index (χ3n) is 5.99. The second-order valence-electron chi connectivity index (χ2n) is 8.50. The summed E-state index contributed by atoms with van der Waals surface area (Å²) < 4.78 is 7.48. The van der Waals surface area contributed by atoms with E-state index in [-0.39, 0.29) is 11.7 Å². The van der Waals surface area contributed by atoms with Crippen LogP contribution in [0.5, 0.6) is 0 Å². The predicted octanol–water partition coefficient (Wildman–Crippen LogP) is 5.09. The van der Waals surface area contributed by atoms with Crippen LogP contribution in [0.3, 0.4) is 0 Å². The molecule has 4 aromatic rings. The summed E-state index contributed by atoms with van der Waals surface area (Å²) in [6.07, 6.45) is 10.2. The van der Waals surface area contributed by atoms with Crippen molar-refractivity contribution in [1.82, 2.24) is 19.7 Å². The first-order valence-corrected chi connectivity index (χ1v) is 12.9. The Kier molecular flexibility index (Phi) is 7.43. The number of anilines is 2. The van der Waals surface area contributed by atoms with Crippen molar-refractivity contribution in [1.29, 1.82) is 0 Å². The fourth-order valence-corrected chi connectivity index (χ4v) is 4.95. The van der Waals surface area contributed by atoms with E-state index in [1.807, 2.05) is 41.0 Å². The SMILES string of the molecule is O=C(CSc1nnc(-c2cccnc2)n1Cc1ccco1)Nc1ccc(N2CCCCCC2)cc1. The van der Waals surface area contributed by atoms with Crippen molar-refractivity contribution in [2.75, 3.05) is 29.1 Å². The van der Waals surface area contributed by atoms with Crippen molar-refractivity contribution in [2.24, 2.45) is 0 Å². The van der Waals surface area contributed by atoms with Crippen LogP contribution < -0.4 is 10.2 Å². The molecule has 1 fully saturated rings. The molecule has 0 aliphatic carbocycles. The summed E-state index contributed by atoms with van der Waals surface area (Å²) in [4.78, 5) is 19.3. The number of thioether (sulfide) groups is 1. The monoisotopic (exact) mass is 488 g/mol. The summed E-state index contributed by atoms with van der Waals surface area (Å²) in [5, 5.41) is 12.3. The van der Waals surface area contributed by atoms with Gasteiger partial charge in [-0.2, -0.15) is 0 Å². The molecule has 0 atom stereocenters. The van der Waals surface area contributed by atoms with Crippen LogP contribution in [0, 0.1) is 0 Å². The lowest BCUT2D eigenvalue weighted by Crippen LogP contribution is -2.23. The lowest BCUT2D eigenvalue weighted by atomic mass is 10.2. The minimum atomic E-state index is -0.0898. The summed E-state index contributed by atoms with van der Waals surface area (Å²) in [6, 6.07) is 15.7. The van der Waals surface area contributed by atoms with E-state index in [9.17, 15) is 4.79 Å². The van der Waals surface area contributed by atoms with Crippen LogP contribution in [0.4, 0.5) is 11.4 Å². The van der Waals surface area contributed by atoms with Gasteiger partial charge in [-0.3, -0.25) is 14.3 Å². The van der Waals surface area contributed by atoms with E-state index < -0.39 is 0 Å². The van der Waals surface area contributed by atoms with Crippen LogP contribution in [0.15, 0.2) is 76.8 Å². The number of nitrogens with zero attached hydrogens (tertiary/aromatic N) is 5. The summed E-state index contributed by atoms with van der Waals surface area (Å²) >= 11 is 1.35. The maximum atomic E-state index is 12.7. The van der Waals surface area contributed by atoms with Gasteiger partial charge in [0.15, 0.2) is 11.0 Å². The molecule has 0 saturated carbocycles. The number of aromatic nitrogens is 4. The van der Waals surface area contributed by atoms with Crippen molar-refractivity contribution < 1.29 is 9.21 Å². The van der Waals surface area contributed by atoms with Crippen molar-refractivity contribution >= 4 is 29.0 Å². The van der Waals surface area contributed by atoms with Gasteiger partial charge in [-0.25, -0.2) is 0 Å². The molecule has 1 aromatic carbocycles. The van der Waals surface area contributed by atoms with Gasteiger partial charge in [0.05, 0.1) is 18.6 Å². The number of hydrogen-bond donors (Lipinski definition) is 1. The molecule has 1 aliphatic heterocycles. The summed E-state index contributed by atoms with van der Waals surface area (Å²) in [6.45, 7) is 2.66. The van der Waals surface area contributed by atoms with E-state index in [1.54, 1.807) is 18.7 Å². The maximum Gasteiger partial charge on any atom is 0.234 e. The lowest BCUT2D eigenvalue weighted by Gasteiger charge is -2.22. The molecule has 0 unspecified atom stereocenters. The zero-order valence-corrected chi connectivity index (χ0v) is 20.3. The topological polar surface area (TPSA) is 89.1 Å². The highest BCUT2D eigenvalue weighted by molar-refractivity contribution is 7.99. The zero-order chi connectivity index (χ0) is 23.9. The number of pyridine rings is 1. The second kappa shape index (κ2) is 11.2. The van der Waals surface area contributed by atoms with E-state index >= 15 is 0 Å². The van der Waals surface area contributed by atoms with E-state index in [2.05, 4.69) is 37.5 Å². The van der Waals surface area contributed by atoms with Gasteiger partial charge in [0, 0.05) is 42.4 Å². The van der Waals surface area contributed by atoms with Crippen LogP contribution in [0.25, 0.3) is 11.4 Å². The fraction of sp³-hybridized carbons (Fsp3) is 0.308. The Balaban J connectivity index is 1.23. The molecule has 0 radical (unpaired) electrons. The number of rotatable bonds is 8. The molecule has 3 aromatic heterocycles. The second-order valence-corrected chi connectivity index (χ2v) is 9.44. The van der Waals surface area contributed by atoms with Gasteiger partial charge < -0.3 is 14.6 Å². The molecule has 4 heterocycles. The van der Waals surface area contributed by atoms with Gasteiger partial charge >= 0.3 is 0 Å². The van der Waals surface area contributed by atoms with E-state index in [4.69, 9.17) is 4.42 Å². The van der Waals surface area contributed by atoms with Crippen LogP contribution in [0.2, 0.25) is 0 Å². The first kappa shape index (κ1) is 23.2. The van der Waals surface area contributed by atoms with Crippen molar-refractivity contribution in [3.05, 3.63) is 72.9 Å². The number of carbonyl (C=O) groups excluding carboxylic acids is 1. The summed E-state index contributed by atoms with van der Waals surface area (Å²) in [5.41, 5.74) is 2.86. The number of amides is 1. The Bertz CT molecular complexity index is 1220. The van der Waals surface area contributed by atoms with Crippen molar-refractivity contribution in [3.63, 3.8) is 0 Å². The largest absolute Gasteiger partial charge is 0.467 e. The van der Waals surface area contributed by atoms with Gasteiger partial charge in [0.1, 0.15) is 5.76 Å². The van der Waals surface area contributed by atoms with Gasteiger partial charge in [-0.05, 0) is 61.4 Å². The Morgan fingerprint density at radius 3 is 2.54 bits per heavy atom. The number of benzene rings is 1. The number of hydrogen-bond acceptors (Lipinski definition) is 7. The number of furan rings is 1. The van der Waals surface area contributed by atoms with E-state index in [1.165, 1.54) is 43.1 Å². The lowest BCUT2D eigenvalue weighted by molar-refractivity contribution is -0.113. The average molecular weight is 489 g/mol. The molecule has 8 nitrogen and oxygen atoms in total. The highest BCUT2D eigenvalue weighted by Gasteiger charge is 2.17. The average Bonchev–Trinajstić information content (AvgIpc) is 3.46. The molecule has 9 heteroatoms. The molecule has 5 rings (SSSR count). The Morgan fingerprint density at radius 2 is 1.83 bits per heavy atom. The third kappa shape index (κ3) is 5.92. The molecular formula is C26H28N6O2S.